The van der Waals surface area contributed by atoms with Crippen molar-refractivity contribution in [3.8, 4) is 0 Å². The van der Waals surface area contributed by atoms with E-state index in [1.807, 2.05) is 0 Å². The van der Waals surface area contributed by atoms with E-state index in [0.717, 1.165) is 13.2 Å². The SMILES string of the molecule is CCCCCC(C)NC1CCCOCC1. The topological polar surface area (TPSA) is 21.3 Å². The number of hydrogen-bond donors (Lipinski definition) is 1. The van der Waals surface area contributed by atoms with Crippen molar-refractivity contribution < 1.29 is 4.74 Å². The van der Waals surface area contributed by atoms with E-state index in [1.54, 1.807) is 0 Å². The van der Waals surface area contributed by atoms with Crippen molar-refractivity contribution in [1.82, 2.24) is 5.32 Å². The second-order valence-electron chi connectivity index (χ2n) is 4.80. The van der Waals surface area contributed by atoms with Crippen LogP contribution >= 0.6 is 0 Å². The molecule has 90 valence electrons. The van der Waals surface area contributed by atoms with Crippen molar-refractivity contribution in [3.63, 3.8) is 0 Å². The van der Waals surface area contributed by atoms with Crippen LogP contribution in [0.2, 0.25) is 0 Å². The lowest BCUT2D eigenvalue weighted by Gasteiger charge is -2.21. The predicted molar refractivity (Wildman–Crippen MR) is 65.2 cm³/mol. The molecule has 15 heavy (non-hydrogen) atoms. The standard InChI is InChI=1S/C13H27NO/c1-3-4-5-7-12(2)14-13-8-6-10-15-11-9-13/h12-14H,3-11H2,1-2H3. The largest absolute Gasteiger partial charge is 0.381 e. The molecule has 0 amide bonds. The van der Waals surface area contributed by atoms with E-state index in [9.17, 15) is 0 Å². The van der Waals surface area contributed by atoms with Crippen LogP contribution in [0.4, 0.5) is 0 Å². The third kappa shape index (κ3) is 6.16. The van der Waals surface area contributed by atoms with Gasteiger partial charge in [0.15, 0.2) is 0 Å². The summed E-state index contributed by atoms with van der Waals surface area (Å²) in [5, 5.41) is 3.74. The molecule has 1 aliphatic heterocycles. The Morgan fingerprint density at radius 3 is 2.93 bits per heavy atom. The third-order valence-corrected chi connectivity index (χ3v) is 3.21. The number of hydrogen-bond acceptors (Lipinski definition) is 2. The molecular formula is C13H27NO. The van der Waals surface area contributed by atoms with E-state index in [2.05, 4.69) is 19.2 Å². The van der Waals surface area contributed by atoms with Crippen LogP contribution in [0.5, 0.6) is 0 Å². The summed E-state index contributed by atoms with van der Waals surface area (Å²) in [6.07, 6.45) is 9.10. The Bertz CT molecular complexity index is 141. The van der Waals surface area contributed by atoms with E-state index < -0.39 is 0 Å². The van der Waals surface area contributed by atoms with Crippen LogP contribution in [-0.4, -0.2) is 25.3 Å². The molecule has 2 atom stereocenters. The molecule has 0 radical (unpaired) electrons. The summed E-state index contributed by atoms with van der Waals surface area (Å²) in [7, 11) is 0. The highest BCUT2D eigenvalue weighted by Gasteiger charge is 2.14. The summed E-state index contributed by atoms with van der Waals surface area (Å²) in [5.74, 6) is 0. The Hall–Kier alpha value is -0.0800. The molecule has 0 saturated carbocycles. The minimum atomic E-state index is 0.680. The minimum Gasteiger partial charge on any atom is -0.381 e. The molecule has 0 aromatic rings. The fourth-order valence-electron chi connectivity index (χ4n) is 2.26. The summed E-state index contributed by atoms with van der Waals surface area (Å²) < 4.78 is 5.46. The molecular weight excluding hydrogens is 186 g/mol. The molecule has 2 heteroatoms. The predicted octanol–water partition coefficient (Wildman–Crippen LogP) is 3.11. The molecule has 1 saturated heterocycles. The normalized spacial score (nSPS) is 24.8. The van der Waals surface area contributed by atoms with Gasteiger partial charge in [0.25, 0.3) is 0 Å². The van der Waals surface area contributed by atoms with Crippen LogP contribution in [0.3, 0.4) is 0 Å². The number of nitrogens with one attached hydrogen (secondary N) is 1. The quantitative estimate of drug-likeness (QED) is 0.685. The number of ether oxygens (including phenoxy) is 1. The molecule has 1 heterocycles. The number of rotatable bonds is 6. The highest BCUT2D eigenvalue weighted by molar-refractivity contribution is 4.73. The van der Waals surface area contributed by atoms with Gasteiger partial charge in [0.2, 0.25) is 0 Å². The molecule has 0 spiro atoms. The van der Waals surface area contributed by atoms with E-state index in [4.69, 9.17) is 4.74 Å². The van der Waals surface area contributed by atoms with Crippen LogP contribution < -0.4 is 5.32 Å². The van der Waals surface area contributed by atoms with Gasteiger partial charge in [0.1, 0.15) is 0 Å². The first-order valence-corrected chi connectivity index (χ1v) is 6.66. The van der Waals surface area contributed by atoms with Crippen LogP contribution in [0.1, 0.15) is 58.8 Å². The molecule has 0 bridgehead atoms. The first-order chi connectivity index (χ1) is 7.33. The van der Waals surface area contributed by atoms with Gasteiger partial charge in [-0.3, -0.25) is 0 Å². The van der Waals surface area contributed by atoms with Crippen molar-refractivity contribution in [2.24, 2.45) is 0 Å². The third-order valence-electron chi connectivity index (χ3n) is 3.21. The van der Waals surface area contributed by atoms with Gasteiger partial charge in [0, 0.05) is 25.3 Å². The fourth-order valence-corrected chi connectivity index (χ4v) is 2.26. The summed E-state index contributed by atoms with van der Waals surface area (Å²) in [6.45, 7) is 6.49. The Balaban J connectivity index is 2.09. The van der Waals surface area contributed by atoms with Crippen molar-refractivity contribution in [2.45, 2.75) is 70.9 Å². The Morgan fingerprint density at radius 2 is 2.13 bits per heavy atom. The van der Waals surface area contributed by atoms with Crippen molar-refractivity contribution >= 4 is 0 Å². The van der Waals surface area contributed by atoms with Crippen LogP contribution in [0, 0.1) is 0 Å². The lowest BCUT2D eigenvalue weighted by Crippen LogP contribution is -2.36. The van der Waals surface area contributed by atoms with Gasteiger partial charge in [0.05, 0.1) is 0 Å². The first-order valence-electron chi connectivity index (χ1n) is 6.66. The second-order valence-corrected chi connectivity index (χ2v) is 4.80. The van der Waals surface area contributed by atoms with Crippen LogP contribution in [-0.2, 0) is 4.74 Å². The average molecular weight is 213 g/mol. The zero-order valence-electron chi connectivity index (χ0n) is 10.4. The van der Waals surface area contributed by atoms with Gasteiger partial charge in [-0.15, -0.1) is 0 Å². The molecule has 1 rings (SSSR count). The zero-order valence-corrected chi connectivity index (χ0v) is 10.4. The first kappa shape index (κ1) is 13.0. The highest BCUT2D eigenvalue weighted by Crippen LogP contribution is 2.11. The maximum Gasteiger partial charge on any atom is 0.0480 e. The van der Waals surface area contributed by atoms with Crippen LogP contribution in [0.25, 0.3) is 0 Å². The maximum absolute atomic E-state index is 5.46. The fraction of sp³-hybridized carbons (Fsp3) is 1.00. The van der Waals surface area contributed by atoms with Gasteiger partial charge >= 0.3 is 0 Å². The summed E-state index contributed by atoms with van der Waals surface area (Å²) >= 11 is 0. The molecule has 0 aromatic carbocycles. The zero-order chi connectivity index (χ0) is 10.9. The average Bonchev–Trinajstić information content (AvgIpc) is 2.47. The van der Waals surface area contributed by atoms with Gasteiger partial charge in [-0.2, -0.15) is 0 Å². The van der Waals surface area contributed by atoms with Gasteiger partial charge < -0.3 is 10.1 Å². The smallest absolute Gasteiger partial charge is 0.0480 e. The van der Waals surface area contributed by atoms with Crippen LogP contribution in [0.15, 0.2) is 0 Å². The van der Waals surface area contributed by atoms with E-state index in [-0.39, 0.29) is 0 Å². The molecule has 0 aliphatic carbocycles. The molecule has 1 N–H and O–H groups in total. The summed E-state index contributed by atoms with van der Waals surface area (Å²) in [4.78, 5) is 0. The Kier molecular flexibility index (Phi) is 7.03. The molecule has 2 unspecified atom stereocenters. The maximum atomic E-state index is 5.46. The highest BCUT2D eigenvalue weighted by atomic mass is 16.5. The monoisotopic (exact) mass is 213 g/mol. The minimum absolute atomic E-state index is 0.680. The van der Waals surface area contributed by atoms with Gasteiger partial charge in [-0.25, -0.2) is 0 Å². The number of unbranched alkanes of at least 4 members (excludes halogenated alkanes) is 2. The summed E-state index contributed by atoms with van der Waals surface area (Å²) in [5.41, 5.74) is 0. The van der Waals surface area contributed by atoms with Crippen molar-refractivity contribution in [1.29, 1.82) is 0 Å². The van der Waals surface area contributed by atoms with Crippen molar-refractivity contribution in [3.05, 3.63) is 0 Å². The Morgan fingerprint density at radius 1 is 1.27 bits per heavy atom. The van der Waals surface area contributed by atoms with Gasteiger partial charge in [-0.1, -0.05) is 26.2 Å². The summed E-state index contributed by atoms with van der Waals surface area (Å²) in [6, 6.07) is 1.38. The Labute approximate surface area is 94.8 Å². The lowest BCUT2D eigenvalue weighted by atomic mass is 10.1. The molecule has 1 fully saturated rings. The lowest BCUT2D eigenvalue weighted by molar-refractivity contribution is 0.142. The molecule has 1 aliphatic rings. The molecule has 0 aromatic heterocycles. The van der Waals surface area contributed by atoms with Crippen molar-refractivity contribution in [2.75, 3.05) is 13.2 Å². The van der Waals surface area contributed by atoms with Gasteiger partial charge in [-0.05, 0) is 32.6 Å². The second kappa shape index (κ2) is 8.12. The van der Waals surface area contributed by atoms with E-state index in [0.29, 0.717) is 12.1 Å². The van der Waals surface area contributed by atoms with E-state index >= 15 is 0 Å². The van der Waals surface area contributed by atoms with E-state index in [1.165, 1.54) is 44.9 Å². The molecule has 2 nitrogen and oxygen atoms in total.